The smallest absolute Gasteiger partial charge is 0.337 e. The molecular formula is C19H19NO5. The average molecular weight is 341 g/mol. The molecule has 1 aliphatic heterocycles. The van der Waals surface area contributed by atoms with Crippen molar-refractivity contribution in [2.24, 2.45) is 0 Å². The van der Waals surface area contributed by atoms with Crippen molar-refractivity contribution in [1.29, 1.82) is 0 Å². The van der Waals surface area contributed by atoms with E-state index in [0.717, 1.165) is 0 Å². The fourth-order valence-corrected chi connectivity index (χ4v) is 2.84. The van der Waals surface area contributed by atoms with E-state index in [9.17, 15) is 14.7 Å². The number of ketones is 1. The second-order valence-electron chi connectivity index (χ2n) is 5.69. The quantitative estimate of drug-likeness (QED) is 0.842. The molecule has 2 aromatic carbocycles. The zero-order valence-electron chi connectivity index (χ0n) is 13.9. The van der Waals surface area contributed by atoms with Gasteiger partial charge < -0.3 is 19.5 Å². The normalized spacial score (nSPS) is 14.2. The summed E-state index contributed by atoms with van der Waals surface area (Å²) < 4.78 is 10.4. The summed E-state index contributed by atoms with van der Waals surface area (Å²) in [6.45, 7) is 2.38. The van der Waals surface area contributed by atoms with Crippen LogP contribution in [0.2, 0.25) is 0 Å². The van der Waals surface area contributed by atoms with Gasteiger partial charge in [-0.3, -0.25) is 4.79 Å². The molecule has 0 saturated carbocycles. The van der Waals surface area contributed by atoms with Crippen molar-refractivity contribution in [3.63, 3.8) is 0 Å². The van der Waals surface area contributed by atoms with Crippen molar-refractivity contribution in [3.8, 4) is 5.75 Å². The van der Waals surface area contributed by atoms with E-state index in [1.54, 1.807) is 43.5 Å². The molecule has 1 N–H and O–H groups in total. The number of ether oxygens (including phenoxy) is 2. The van der Waals surface area contributed by atoms with Gasteiger partial charge in [0.15, 0.2) is 5.78 Å². The van der Waals surface area contributed by atoms with Gasteiger partial charge in [0.1, 0.15) is 5.75 Å². The highest BCUT2D eigenvalue weighted by atomic mass is 16.5. The fourth-order valence-electron chi connectivity index (χ4n) is 2.84. The van der Waals surface area contributed by atoms with Crippen molar-refractivity contribution in [1.82, 2.24) is 0 Å². The molecule has 130 valence electrons. The average Bonchev–Trinajstić information content (AvgIpc) is 2.67. The second-order valence-corrected chi connectivity index (χ2v) is 5.69. The van der Waals surface area contributed by atoms with Gasteiger partial charge in [-0.15, -0.1) is 0 Å². The first-order chi connectivity index (χ1) is 12.1. The Bertz CT molecular complexity index is 779. The number of methoxy groups -OCH3 is 1. The lowest BCUT2D eigenvalue weighted by atomic mass is 9.99. The van der Waals surface area contributed by atoms with Crippen LogP contribution in [-0.2, 0) is 4.74 Å². The van der Waals surface area contributed by atoms with Crippen molar-refractivity contribution in [3.05, 3.63) is 59.2 Å². The molecule has 6 heteroatoms. The van der Waals surface area contributed by atoms with Gasteiger partial charge in [-0.05, 0) is 42.5 Å². The van der Waals surface area contributed by atoms with Gasteiger partial charge in [-0.25, -0.2) is 4.79 Å². The van der Waals surface area contributed by atoms with Crippen molar-refractivity contribution < 1.29 is 24.2 Å². The highest BCUT2D eigenvalue weighted by molar-refractivity contribution is 6.10. The van der Waals surface area contributed by atoms with E-state index in [1.165, 1.54) is 6.07 Å². The predicted octanol–water partition coefficient (Wildman–Crippen LogP) is 2.46. The standard InChI is InChI=1S/C19H19NO5/c1-24-15-5-2-13(3-6-15)18(21)14-4-7-17(16(12-14)19(22)23)20-8-10-25-11-9-20/h2-7,12H,8-11H2,1H3,(H,22,23). The SMILES string of the molecule is COc1ccc(C(=O)c2ccc(N3CCOCC3)c(C(=O)O)c2)cc1. The zero-order valence-corrected chi connectivity index (χ0v) is 13.9. The molecule has 2 aromatic rings. The molecule has 0 amide bonds. The van der Waals surface area contributed by atoms with Crippen LogP contribution in [0.5, 0.6) is 5.75 Å². The molecule has 0 radical (unpaired) electrons. The van der Waals surface area contributed by atoms with Gasteiger partial charge in [0.25, 0.3) is 0 Å². The van der Waals surface area contributed by atoms with Crippen molar-refractivity contribution >= 4 is 17.4 Å². The first-order valence-corrected chi connectivity index (χ1v) is 7.99. The number of aromatic carboxylic acids is 1. The van der Waals surface area contributed by atoms with Crippen LogP contribution in [0.1, 0.15) is 26.3 Å². The van der Waals surface area contributed by atoms with Crippen LogP contribution >= 0.6 is 0 Å². The lowest BCUT2D eigenvalue weighted by Crippen LogP contribution is -2.37. The lowest BCUT2D eigenvalue weighted by molar-refractivity contribution is 0.0696. The third kappa shape index (κ3) is 3.64. The number of hydrogen-bond donors (Lipinski definition) is 1. The van der Waals surface area contributed by atoms with Gasteiger partial charge in [-0.2, -0.15) is 0 Å². The molecular weight excluding hydrogens is 322 g/mol. The van der Waals surface area contributed by atoms with E-state index in [2.05, 4.69) is 0 Å². The van der Waals surface area contributed by atoms with Crippen LogP contribution in [0.4, 0.5) is 5.69 Å². The van der Waals surface area contributed by atoms with Crippen molar-refractivity contribution in [2.75, 3.05) is 38.3 Å². The van der Waals surface area contributed by atoms with Crippen LogP contribution in [0.15, 0.2) is 42.5 Å². The van der Waals surface area contributed by atoms with E-state index in [1.807, 2.05) is 4.90 Å². The summed E-state index contributed by atoms with van der Waals surface area (Å²) in [5, 5.41) is 9.56. The predicted molar refractivity (Wildman–Crippen MR) is 92.9 cm³/mol. The number of rotatable bonds is 5. The zero-order chi connectivity index (χ0) is 17.8. The Morgan fingerprint density at radius 3 is 2.28 bits per heavy atom. The third-order valence-electron chi connectivity index (χ3n) is 4.19. The number of carbonyl (C=O) groups is 2. The molecule has 1 saturated heterocycles. The summed E-state index contributed by atoms with van der Waals surface area (Å²) >= 11 is 0. The highest BCUT2D eigenvalue weighted by Crippen LogP contribution is 2.25. The summed E-state index contributed by atoms with van der Waals surface area (Å²) in [7, 11) is 1.56. The fraction of sp³-hybridized carbons (Fsp3) is 0.263. The number of carboxylic acid groups (broad SMARTS) is 1. The number of morpholine rings is 1. The Morgan fingerprint density at radius 2 is 1.68 bits per heavy atom. The number of benzene rings is 2. The molecule has 1 heterocycles. The van der Waals surface area contributed by atoms with E-state index < -0.39 is 5.97 Å². The lowest BCUT2D eigenvalue weighted by Gasteiger charge is -2.30. The topological polar surface area (TPSA) is 76.1 Å². The molecule has 3 rings (SSSR count). The van der Waals surface area contributed by atoms with Crippen LogP contribution in [0.25, 0.3) is 0 Å². The maximum Gasteiger partial charge on any atom is 0.337 e. The van der Waals surface area contributed by atoms with Gasteiger partial charge >= 0.3 is 5.97 Å². The maximum atomic E-state index is 12.6. The Morgan fingerprint density at radius 1 is 1.04 bits per heavy atom. The first-order valence-electron chi connectivity index (χ1n) is 7.99. The van der Waals surface area contributed by atoms with Gasteiger partial charge in [0, 0.05) is 24.2 Å². The molecule has 0 aromatic heterocycles. The van der Waals surface area contributed by atoms with Crippen LogP contribution < -0.4 is 9.64 Å². The van der Waals surface area contributed by atoms with Crippen LogP contribution in [-0.4, -0.2) is 50.3 Å². The highest BCUT2D eigenvalue weighted by Gasteiger charge is 2.21. The minimum atomic E-state index is -1.05. The summed E-state index contributed by atoms with van der Waals surface area (Å²) in [5.41, 5.74) is 1.57. The number of hydrogen-bond acceptors (Lipinski definition) is 5. The number of nitrogens with zero attached hydrogens (tertiary/aromatic N) is 1. The summed E-state index contributed by atoms with van der Waals surface area (Å²) in [6.07, 6.45) is 0. The molecule has 6 nitrogen and oxygen atoms in total. The molecule has 0 aliphatic carbocycles. The van der Waals surface area contributed by atoms with Gasteiger partial charge in [-0.1, -0.05) is 0 Å². The van der Waals surface area contributed by atoms with E-state index in [-0.39, 0.29) is 11.3 Å². The number of anilines is 1. The Balaban J connectivity index is 1.92. The van der Waals surface area contributed by atoms with Gasteiger partial charge in [0.05, 0.1) is 31.6 Å². The molecule has 1 fully saturated rings. The Labute approximate surface area is 145 Å². The van der Waals surface area contributed by atoms with Crippen LogP contribution in [0.3, 0.4) is 0 Å². The van der Waals surface area contributed by atoms with Gasteiger partial charge in [0.2, 0.25) is 0 Å². The molecule has 0 unspecified atom stereocenters. The van der Waals surface area contributed by atoms with E-state index >= 15 is 0 Å². The molecule has 0 atom stereocenters. The number of carboxylic acids is 1. The minimum absolute atomic E-state index is 0.126. The second kappa shape index (κ2) is 7.36. The largest absolute Gasteiger partial charge is 0.497 e. The summed E-state index contributed by atoms with van der Waals surface area (Å²) in [6, 6.07) is 11.5. The Hall–Kier alpha value is -2.86. The Kier molecular flexibility index (Phi) is 5.00. The maximum absolute atomic E-state index is 12.6. The monoisotopic (exact) mass is 341 g/mol. The molecule has 25 heavy (non-hydrogen) atoms. The third-order valence-corrected chi connectivity index (χ3v) is 4.19. The molecule has 1 aliphatic rings. The van der Waals surface area contributed by atoms with Crippen molar-refractivity contribution in [2.45, 2.75) is 0 Å². The molecule has 0 spiro atoms. The summed E-state index contributed by atoms with van der Waals surface area (Å²) in [4.78, 5) is 26.3. The summed E-state index contributed by atoms with van der Waals surface area (Å²) in [5.74, 6) is -0.616. The molecule has 0 bridgehead atoms. The van der Waals surface area contributed by atoms with E-state index in [0.29, 0.717) is 48.9 Å². The number of carbonyl (C=O) groups excluding carboxylic acids is 1. The minimum Gasteiger partial charge on any atom is -0.497 e. The van der Waals surface area contributed by atoms with Crippen LogP contribution in [0, 0.1) is 0 Å². The van der Waals surface area contributed by atoms with E-state index in [4.69, 9.17) is 9.47 Å². The first kappa shape index (κ1) is 17.0.